The monoisotopic (exact) mass is 562 g/mol. The van der Waals surface area contributed by atoms with Gasteiger partial charge in [0.15, 0.2) is 0 Å². The first-order valence-corrected chi connectivity index (χ1v) is 14.0. The smallest absolute Gasteiger partial charge is 0.414 e. The van der Waals surface area contributed by atoms with Gasteiger partial charge in [-0.05, 0) is 54.3 Å². The molecule has 2 aromatic heterocycles. The van der Waals surface area contributed by atoms with Crippen LogP contribution in [0.25, 0.3) is 22.6 Å². The summed E-state index contributed by atoms with van der Waals surface area (Å²) in [4.78, 5) is 28.7. The SMILES string of the molecule is O=C(Nc1nccc(-c2c(-c3ccc(F)cc3)ncn2C2CCN(Cc3ccccc3)CC2)n1)OCc1ccccc1. The summed E-state index contributed by atoms with van der Waals surface area (Å²) in [5, 5.41) is 2.64. The van der Waals surface area contributed by atoms with Gasteiger partial charge in [-0.3, -0.25) is 10.2 Å². The van der Waals surface area contributed by atoms with Crippen LogP contribution in [0.5, 0.6) is 0 Å². The van der Waals surface area contributed by atoms with Gasteiger partial charge in [0, 0.05) is 37.4 Å². The number of nitrogens with one attached hydrogen (secondary N) is 1. The highest BCUT2D eigenvalue weighted by Gasteiger charge is 2.26. The Bertz CT molecular complexity index is 1620. The molecule has 1 aliphatic rings. The lowest BCUT2D eigenvalue weighted by Gasteiger charge is -2.33. The van der Waals surface area contributed by atoms with E-state index in [-0.39, 0.29) is 24.4 Å². The molecule has 5 aromatic rings. The number of imidazole rings is 1. The number of hydrogen-bond acceptors (Lipinski definition) is 6. The molecule has 8 nitrogen and oxygen atoms in total. The number of benzene rings is 3. The number of carbonyl (C=O) groups excluding carboxylic acids is 1. The van der Waals surface area contributed by atoms with Gasteiger partial charge in [0.1, 0.15) is 12.4 Å². The van der Waals surface area contributed by atoms with E-state index in [2.05, 4.69) is 49.0 Å². The number of piperidine rings is 1. The number of hydrogen-bond donors (Lipinski definition) is 1. The molecular weight excluding hydrogens is 531 g/mol. The van der Waals surface area contributed by atoms with E-state index in [1.54, 1.807) is 24.4 Å². The molecule has 42 heavy (non-hydrogen) atoms. The van der Waals surface area contributed by atoms with Gasteiger partial charge in [-0.1, -0.05) is 60.7 Å². The summed E-state index contributed by atoms with van der Waals surface area (Å²) >= 11 is 0. The molecule has 1 saturated heterocycles. The predicted molar refractivity (Wildman–Crippen MR) is 159 cm³/mol. The van der Waals surface area contributed by atoms with Crippen LogP contribution in [0.2, 0.25) is 0 Å². The average Bonchev–Trinajstić information content (AvgIpc) is 3.47. The number of amides is 1. The maximum Gasteiger partial charge on any atom is 0.414 e. The third-order valence-corrected chi connectivity index (χ3v) is 7.44. The molecule has 1 N–H and O–H groups in total. The number of likely N-dealkylation sites (tertiary alicyclic amines) is 1. The van der Waals surface area contributed by atoms with E-state index < -0.39 is 6.09 Å². The quantitative estimate of drug-likeness (QED) is 0.226. The van der Waals surface area contributed by atoms with Crippen LogP contribution in [0.4, 0.5) is 15.1 Å². The molecule has 1 aliphatic heterocycles. The van der Waals surface area contributed by atoms with Crippen LogP contribution in [0, 0.1) is 5.82 Å². The van der Waals surface area contributed by atoms with Gasteiger partial charge < -0.3 is 9.30 Å². The van der Waals surface area contributed by atoms with Crippen LogP contribution in [-0.2, 0) is 17.9 Å². The lowest BCUT2D eigenvalue weighted by atomic mass is 10.0. The van der Waals surface area contributed by atoms with Crippen molar-refractivity contribution in [1.29, 1.82) is 0 Å². The molecule has 0 spiro atoms. The Balaban J connectivity index is 1.23. The average molecular weight is 563 g/mol. The van der Waals surface area contributed by atoms with E-state index in [1.807, 2.05) is 42.7 Å². The van der Waals surface area contributed by atoms with E-state index in [0.717, 1.165) is 49.3 Å². The molecule has 212 valence electrons. The summed E-state index contributed by atoms with van der Waals surface area (Å²) in [6, 6.07) is 28.2. The van der Waals surface area contributed by atoms with Gasteiger partial charge >= 0.3 is 6.09 Å². The Hall–Kier alpha value is -4.89. The number of halogens is 1. The number of carbonyl (C=O) groups is 1. The minimum atomic E-state index is -0.644. The van der Waals surface area contributed by atoms with Crippen LogP contribution in [0.3, 0.4) is 0 Å². The Labute approximate surface area is 243 Å². The summed E-state index contributed by atoms with van der Waals surface area (Å²) < 4.78 is 21.3. The highest BCUT2D eigenvalue weighted by Crippen LogP contribution is 2.35. The van der Waals surface area contributed by atoms with Crippen molar-refractivity contribution in [3.63, 3.8) is 0 Å². The zero-order valence-corrected chi connectivity index (χ0v) is 23.1. The molecular formula is C33H31FN6O2. The van der Waals surface area contributed by atoms with Gasteiger partial charge in [0.2, 0.25) is 5.95 Å². The fraction of sp³-hybridized carbons (Fsp3) is 0.212. The van der Waals surface area contributed by atoms with Crippen LogP contribution in [0.15, 0.2) is 104 Å². The van der Waals surface area contributed by atoms with Crippen LogP contribution >= 0.6 is 0 Å². The van der Waals surface area contributed by atoms with Crippen molar-refractivity contribution in [2.75, 3.05) is 18.4 Å². The third kappa shape index (κ3) is 6.53. The molecule has 0 radical (unpaired) electrons. The zero-order chi connectivity index (χ0) is 28.7. The van der Waals surface area contributed by atoms with E-state index >= 15 is 0 Å². The van der Waals surface area contributed by atoms with Crippen molar-refractivity contribution in [2.24, 2.45) is 0 Å². The van der Waals surface area contributed by atoms with Crippen LogP contribution in [-0.4, -0.2) is 43.6 Å². The fourth-order valence-corrected chi connectivity index (χ4v) is 5.31. The second-order valence-corrected chi connectivity index (χ2v) is 10.3. The summed E-state index contributed by atoms with van der Waals surface area (Å²) in [7, 11) is 0. The fourth-order valence-electron chi connectivity index (χ4n) is 5.31. The minimum Gasteiger partial charge on any atom is -0.444 e. The van der Waals surface area contributed by atoms with Gasteiger partial charge in [0.25, 0.3) is 0 Å². The second kappa shape index (κ2) is 12.7. The maximum absolute atomic E-state index is 13.8. The summed E-state index contributed by atoms with van der Waals surface area (Å²) in [5.41, 5.74) is 5.06. The number of aromatic nitrogens is 4. The Kier molecular flexibility index (Phi) is 8.28. The lowest BCUT2D eigenvalue weighted by Crippen LogP contribution is -2.34. The van der Waals surface area contributed by atoms with E-state index in [9.17, 15) is 9.18 Å². The van der Waals surface area contributed by atoms with Crippen LogP contribution in [0.1, 0.15) is 30.0 Å². The predicted octanol–water partition coefficient (Wildman–Crippen LogP) is 6.73. The second-order valence-electron chi connectivity index (χ2n) is 10.3. The van der Waals surface area contributed by atoms with Crippen molar-refractivity contribution in [2.45, 2.75) is 32.0 Å². The maximum atomic E-state index is 13.8. The molecule has 6 rings (SSSR count). The molecule has 3 heterocycles. The third-order valence-electron chi connectivity index (χ3n) is 7.44. The minimum absolute atomic E-state index is 0.126. The molecule has 9 heteroatoms. The Morgan fingerprint density at radius 1 is 0.881 bits per heavy atom. The highest BCUT2D eigenvalue weighted by molar-refractivity contribution is 5.83. The van der Waals surface area contributed by atoms with E-state index in [0.29, 0.717) is 11.4 Å². The standard InChI is InChI=1S/C33H31FN6O2/c34-27-13-11-26(12-14-27)30-31(29-15-18-35-32(37-29)38-33(41)42-22-25-9-5-2-6-10-25)40(23-36-30)28-16-19-39(20-17-28)21-24-7-3-1-4-8-24/h1-15,18,23,28H,16-17,19-22H2,(H,35,37,38,41). The number of nitrogens with zero attached hydrogens (tertiary/aromatic N) is 5. The highest BCUT2D eigenvalue weighted by atomic mass is 19.1. The Morgan fingerprint density at radius 3 is 2.29 bits per heavy atom. The van der Waals surface area contributed by atoms with Crippen molar-refractivity contribution in [3.05, 3.63) is 120 Å². The zero-order valence-electron chi connectivity index (χ0n) is 23.1. The van der Waals surface area contributed by atoms with Crippen molar-refractivity contribution in [3.8, 4) is 22.6 Å². The molecule has 0 atom stereocenters. The first kappa shape index (κ1) is 27.3. The topological polar surface area (TPSA) is 85.2 Å². The van der Waals surface area contributed by atoms with Gasteiger partial charge in [-0.2, -0.15) is 0 Å². The van der Waals surface area contributed by atoms with Crippen molar-refractivity contribution < 1.29 is 13.9 Å². The van der Waals surface area contributed by atoms with E-state index in [1.165, 1.54) is 17.7 Å². The molecule has 3 aromatic carbocycles. The normalized spacial score (nSPS) is 14.0. The summed E-state index contributed by atoms with van der Waals surface area (Å²) in [5.74, 6) is -0.186. The first-order chi connectivity index (χ1) is 20.6. The molecule has 0 bridgehead atoms. The van der Waals surface area contributed by atoms with Gasteiger partial charge in [0.05, 0.1) is 23.4 Å². The molecule has 1 amide bonds. The van der Waals surface area contributed by atoms with Crippen molar-refractivity contribution >= 4 is 12.0 Å². The van der Waals surface area contributed by atoms with Gasteiger partial charge in [-0.15, -0.1) is 0 Å². The number of anilines is 1. The Morgan fingerprint density at radius 2 is 1.57 bits per heavy atom. The van der Waals surface area contributed by atoms with Crippen LogP contribution < -0.4 is 5.32 Å². The molecule has 1 fully saturated rings. The van der Waals surface area contributed by atoms with E-state index in [4.69, 9.17) is 9.72 Å². The molecule has 0 unspecified atom stereocenters. The van der Waals surface area contributed by atoms with Gasteiger partial charge in [-0.25, -0.2) is 24.1 Å². The number of rotatable bonds is 8. The molecule has 0 saturated carbocycles. The summed E-state index contributed by atoms with van der Waals surface area (Å²) in [6.45, 7) is 2.96. The molecule has 0 aliphatic carbocycles. The lowest BCUT2D eigenvalue weighted by molar-refractivity contribution is 0.155. The summed E-state index contributed by atoms with van der Waals surface area (Å²) in [6.07, 6.45) is 4.69. The number of ether oxygens (including phenoxy) is 1. The van der Waals surface area contributed by atoms with Crippen molar-refractivity contribution in [1.82, 2.24) is 24.4 Å². The first-order valence-electron chi connectivity index (χ1n) is 14.0. The largest absolute Gasteiger partial charge is 0.444 e.